The summed E-state index contributed by atoms with van der Waals surface area (Å²) in [6.45, 7) is 0. The molecular formula is C10H13N3O7SSi. The van der Waals surface area contributed by atoms with E-state index in [0.717, 1.165) is 6.07 Å². The van der Waals surface area contributed by atoms with Crippen molar-refractivity contribution >= 4 is 25.0 Å². The van der Waals surface area contributed by atoms with E-state index in [1.54, 1.807) is 0 Å². The third-order valence-electron chi connectivity index (χ3n) is 2.48. The highest BCUT2D eigenvalue weighted by Crippen LogP contribution is 2.17. The molecular weight excluding hydrogens is 334 g/mol. The summed E-state index contributed by atoms with van der Waals surface area (Å²) in [4.78, 5) is 13.9. The van der Waals surface area contributed by atoms with Crippen molar-refractivity contribution in [1.29, 1.82) is 0 Å². The molecule has 0 fully saturated rings. The molecule has 1 rings (SSSR count). The minimum absolute atomic E-state index is 0.0998. The van der Waals surface area contributed by atoms with Gasteiger partial charge in [-0.1, -0.05) is 6.07 Å². The molecule has 0 amide bonds. The fraction of sp³-hybridized carbons (Fsp3) is 0.300. The minimum Gasteiger partial charge on any atom is -0.448 e. The largest absolute Gasteiger partial charge is 0.751 e. The summed E-state index contributed by atoms with van der Waals surface area (Å²) in [5.41, 5.74) is 8.13. The molecule has 0 spiro atoms. The zero-order valence-electron chi connectivity index (χ0n) is 11.9. The summed E-state index contributed by atoms with van der Waals surface area (Å²) < 4.78 is 45.8. The molecule has 10 nitrogen and oxygen atoms in total. The number of hydrogen-bond acceptors (Lipinski definition) is 7. The van der Waals surface area contributed by atoms with Gasteiger partial charge in [0.05, 0.1) is 10.5 Å². The quantitative estimate of drug-likeness (QED) is 0.313. The van der Waals surface area contributed by atoms with Crippen LogP contribution < -0.4 is 0 Å². The second-order valence-corrected chi connectivity index (χ2v) is 7.69. The van der Waals surface area contributed by atoms with Crippen molar-refractivity contribution in [2.75, 3.05) is 21.3 Å². The van der Waals surface area contributed by atoms with E-state index in [-0.39, 0.29) is 10.5 Å². The highest BCUT2D eigenvalue weighted by Gasteiger charge is 2.47. The van der Waals surface area contributed by atoms with E-state index in [0.29, 0.717) is 0 Å². The number of sulfonamides is 1. The summed E-state index contributed by atoms with van der Waals surface area (Å²) >= 11 is 0. The van der Waals surface area contributed by atoms with Gasteiger partial charge < -0.3 is 17.7 Å². The third kappa shape index (κ3) is 4.04. The van der Waals surface area contributed by atoms with Crippen LogP contribution in [0.2, 0.25) is 0 Å². The number of rotatable bonds is 7. The van der Waals surface area contributed by atoms with Gasteiger partial charge in [-0.3, -0.25) is 0 Å². The lowest BCUT2D eigenvalue weighted by atomic mass is 10.2. The lowest BCUT2D eigenvalue weighted by Gasteiger charge is -2.22. The molecule has 0 atom stereocenters. The summed E-state index contributed by atoms with van der Waals surface area (Å²) in [5, 5.41) is 0. The van der Waals surface area contributed by atoms with E-state index in [4.69, 9.17) is 23.2 Å². The molecule has 0 saturated heterocycles. The van der Waals surface area contributed by atoms with Gasteiger partial charge in [-0.25, -0.2) is 13.2 Å². The van der Waals surface area contributed by atoms with Crippen LogP contribution in [0, 0.1) is 0 Å². The molecule has 1 aromatic carbocycles. The fourth-order valence-electron chi connectivity index (χ4n) is 1.43. The minimum atomic E-state index is -4.21. The van der Waals surface area contributed by atoms with Crippen LogP contribution in [0.1, 0.15) is 10.4 Å². The van der Waals surface area contributed by atoms with E-state index < -0.39 is 25.0 Å². The molecule has 120 valence electrons. The molecule has 0 aliphatic rings. The highest BCUT2D eigenvalue weighted by molar-refractivity contribution is 7.90. The predicted molar refractivity (Wildman–Crippen MR) is 75.0 cm³/mol. The molecule has 0 aliphatic heterocycles. The van der Waals surface area contributed by atoms with Crippen LogP contribution in [0.25, 0.3) is 10.4 Å². The average molecular weight is 347 g/mol. The summed E-state index contributed by atoms with van der Waals surface area (Å²) in [7, 11) is -4.10. The Morgan fingerprint density at radius 3 is 2.32 bits per heavy atom. The maximum absolute atomic E-state index is 12.0. The number of nitrogens with zero attached hydrogens (tertiary/aromatic N) is 3. The second-order valence-electron chi connectivity index (χ2n) is 3.68. The molecule has 0 heterocycles. The van der Waals surface area contributed by atoms with Crippen LogP contribution in [0.3, 0.4) is 0 Å². The lowest BCUT2D eigenvalue weighted by Crippen LogP contribution is -2.48. The topological polar surface area (TPSA) is 137 Å². The van der Waals surface area contributed by atoms with Crippen LogP contribution in [0.15, 0.2) is 33.7 Å². The summed E-state index contributed by atoms with van der Waals surface area (Å²) in [6.07, 6.45) is 0. The molecule has 0 aliphatic carbocycles. The first-order valence-electron chi connectivity index (χ1n) is 5.64. The van der Waals surface area contributed by atoms with Crippen LogP contribution in [-0.4, -0.2) is 44.8 Å². The molecule has 0 saturated carbocycles. The molecule has 0 unspecified atom stereocenters. The summed E-state index contributed by atoms with van der Waals surface area (Å²) in [5.74, 6) is -0.907. The number of carbonyl (C=O) groups is 1. The van der Waals surface area contributed by atoms with Crippen molar-refractivity contribution in [1.82, 2.24) is 0 Å². The second kappa shape index (κ2) is 7.35. The SMILES string of the molecule is CO[Si](OC)(OC)OC(=O)c1cccc(S(=O)(=O)N=[N+]=[N-])c1. The Morgan fingerprint density at radius 2 is 1.82 bits per heavy atom. The average Bonchev–Trinajstić information content (AvgIpc) is 2.52. The van der Waals surface area contributed by atoms with Crippen molar-refractivity contribution in [3.05, 3.63) is 40.3 Å². The Kier molecular flexibility index (Phi) is 6.05. The van der Waals surface area contributed by atoms with E-state index in [1.807, 2.05) is 0 Å². The van der Waals surface area contributed by atoms with Gasteiger partial charge in [0.15, 0.2) is 0 Å². The molecule has 1 aromatic rings. The van der Waals surface area contributed by atoms with E-state index in [9.17, 15) is 13.2 Å². The number of carbonyl (C=O) groups excluding carboxylic acids is 1. The zero-order valence-corrected chi connectivity index (χ0v) is 13.7. The molecule has 0 bridgehead atoms. The summed E-state index contributed by atoms with van der Waals surface area (Å²) in [6, 6.07) is 4.80. The number of azide groups is 1. The van der Waals surface area contributed by atoms with Crippen LogP contribution in [0.5, 0.6) is 0 Å². The smallest absolute Gasteiger partial charge is 0.448 e. The van der Waals surface area contributed by atoms with E-state index >= 15 is 0 Å². The number of hydrogen-bond donors (Lipinski definition) is 0. The molecule has 0 N–H and O–H groups in total. The van der Waals surface area contributed by atoms with Crippen molar-refractivity contribution in [2.24, 2.45) is 4.52 Å². The van der Waals surface area contributed by atoms with E-state index in [1.165, 1.54) is 39.5 Å². The molecule has 22 heavy (non-hydrogen) atoms. The van der Waals surface area contributed by atoms with Gasteiger partial charge in [-0.15, -0.1) is 0 Å². The van der Waals surface area contributed by atoms with Gasteiger partial charge in [0.1, 0.15) is 0 Å². The van der Waals surface area contributed by atoms with Crippen LogP contribution >= 0.6 is 0 Å². The first-order chi connectivity index (χ1) is 10.3. The fourth-order valence-corrected chi connectivity index (χ4v) is 3.24. The maximum atomic E-state index is 12.0. The molecule has 0 radical (unpaired) electrons. The number of benzene rings is 1. The predicted octanol–water partition coefficient (Wildman–Crippen LogP) is 1.22. The van der Waals surface area contributed by atoms with Gasteiger partial charge in [-0.05, 0) is 23.7 Å². The monoisotopic (exact) mass is 347 g/mol. The van der Waals surface area contributed by atoms with Gasteiger partial charge >= 0.3 is 15.0 Å². The first-order valence-corrected chi connectivity index (χ1v) is 8.71. The zero-order chi connectivity index (χ0) is 16.8. The van der Waals surface area contributed by atoms with Crippen molar-refractivity contribution in [2.45, 2.75) is 4.90 Å². The molecule has 0 aromatic heterocycles. The Bertz CT molecular complexity index is 690. The van der Waals surface area contributed by atoms with E-state index in [2.05, 4.69) is 9.43 Å². The Balaban J connectivity index is 3.14. The lowest BCUT2D eigenvalue weighted by molar-refractivity contribution is 0.00949. The van der Waals surface area contributed by atoms with Gasteiger partial charge in [0, 0.05) is 30.8 Å². The van der Waals surface area contributed by atoms with Crippen LogP contribution in [0.4, 0.5) is 0 Å². The van der Waals surface area contributed by atoms with Crippen LogP contribution in [-0.2, 0) is 27.7 Å². The Labute approximate surface area is 127 Å². The van der Waals surface area contributed by atoms with Gasteiger partial charge in [-0.2, -0.15) is 0 Å². The molecule has 12 heteroatoms. The standard InChI is InChI=1S/C10H13N3O7SSi/c1-17-22(18-2,19-3)20-10(14)8-5-4-6-9(7-8)21(15,16)13-12-11/h4-7H,1-3H3. The van der Waals surface area contributed by atoms with Crippen molar-refractivity contribution in [3.8, 4) is 0 Å². The van der Waals surface area contributed by atoms with Gasteiger partial charge in [0.2, 0.25) is 0 Å². The maximum Gasteiger partial charge on any atom is 0.751 e. The Hall–Kier alpha value is -1.95. The first kappa shape index (κ1) is 18.1. The van der Waals surface area contributed by atoms with Gasteiger partial charge in [0.25, 0.3) is 10.0 Å². The third-order valence-corrected chi connectivity index (χ3v) is 5.55. The normalized spacial score (nSPS) is 11.6. The van der Waals surface area contributed by atoms with Crippen molar-refractivity contribution < 1.29 is 30.9 Å². The van der Waals surface area contributed by atoms with Crippen molar-refractivity contribution in [3.63, 3.8) is 0 Å². The highest BCUT2D eigenvalue weighted by atomic mass is 32.2. The Morgan fingerprint density at radius 1 is 1.23 bits per heavy atom.